The molecule has 0 amide bonds. The van der Waals surface area contributed by atoms with Crippen LogP contribution in [0.15, 0.2) is 18.2 Å². The predicted octanol–water partition coefficient (Wildman–Crippen LogP) is 2.49. The second-order valence-electron chi connectivity index (χ2n) is 5.23. The maximum atomic E-state index is 13.5. The number of carboxylic acid groups (broad SMARTS) is 1. The van der Waals surface area contributed by atoms with E-state index >= 15 is 0 Å². The summed E-state index contributed by atoms with van der Waals surface area (Å²) in [7, 11) is 0. The van der Waals surface area contributed by atoms with Gasteiger partial charge in [-0.3, -0.25) is 0 Å². The zero-order valence-corrected chi connectivity index (χ0v) is 11.7. The van der Waals surface area contributed by atoms with Gasteiger partial charge >= 0.3 is 5.97 Å². The normalized spacial score (nSPS) is 12.3. The van der Waals surface area contributed by atoms with Gasteiger partial charge in [0.1, 0.15) is 12.4 Å². The number of hydrogen-bond acceptors (Lipinski definition) is 3. The third-order valence-corrected chi connectivity index (χ3v) is 3.16. The molecule has 1 aromatic heterocycles. The molecule has 0 unspecified atom stereocenters. The third kappa shape index (κ3) is 3.02. The average molecular weight is 298 g/mol. The lowest BCUT2D eigenvalue weighted by Crippen LogP contribution is -2.29. The van der Waals surface area contributed by atoms with Crippen LogP contribution in [0.1, 0.15) is 35.9 Å². The number of hydrogen-bond donors (Lipinski definition) is 2. The Kier molecular flexibility index (Phi) is 3.95. The molecule has 0 bridgehead atoms. The zero-order valence-electron chi connectivity index (χ0n) is 11.7. The number of aliphatic hydroxyl groups excluding tert-OH is 1. The quantitative estimate of drug-likeness (QED) is 0.889. The van der Waals surface area contributed by atoms with Gasteiger partial charge in [0.15, 0.2) is 0 Å². The van der Waals surface area contributed by atoms with Crippen molar-refractivity contribution in [2.75, 3.05) is 6.61 Å². The molecule has 0 radical (unpaired) electrons. The smallest absolute Gasteiger partial charge is 0.335 e. The second kappa shape index (κ2) is 5.40. The van der Waals surface area contributed by atoms with E-state index in [1.54, 1.807) is 0 Å². The molecule has 1 heterocycles. The molecule has 7 heteroatoms. The Labute approximate surface area is 119 Å². The molecule has 5 nitrogen and oxygen atoms in total. The van der Waals surface area contributed by atoms with E-state index < -0.39 is 25.0 Å². The first-order chi connectivity index (χ1) is 9.75. The Balaban J connectivity index is 2.64. The molecule has 0 saturated carbocycles. The summed E-state index contributed by atoms with van der Waals surface area (Å²) in [5.41, 5.74) is 0.787. The minimum absolute atomic E-state index is 0.00581. The van der Waals surface area contributed by atoms with Gasteiger partial charge in [0, 0.05) is 5.92 Å². The Bertz CT molecular complexity index is 680. The summed E-state index contributed by atoms with van der Waals surface area (Å²) in [6, 6.07) is 4.21. The molecular weight excluding hydrogens is 282 g/mol. The van der Waals surface area contributed by atoms with Crippen molar-refractivity contribution < 1.29 is 23.8 Å². The average Bonchev–Trinajstić information content (AvgIpc) is 2.76. The third-order valence-electron chi connectivity index (χ3n) is 3.16. The Morgan fingerprint density at radius 2 is 2.10 bits per heavy atom. The fraction of sp³-hybridized carbons (Fsp3) is 0.429. The number of fused-ring (bicyclic) bond motifs is 1. The Hall–Kier alpha value is -2.02. The van der Waals surface area contributed by atoms with Crippen LogP contribution < -0.4 is 0 Å². The van der Waals surface area contributed by atoms with Crippen LogP contribution in [0.2, 0.25) is 0 Å². The molecule has 0 fully saturated rings. The van der Waals surface area contributed by atoms with Crippen LogP contribution in [-0.4, -0.2) is 38.3 Å². The molecule has 0 aliphatic carbocycles. The van der Waals surface area contributed by atoms with E-state index in [0.29, 0.717) is 16.9 Å². The monoisotopic (exact) mass is 298 g/mol. The standard InChI is InChI=1S/C14H16F2N2O3/c1-8(2)12-17-10-4-3-9(13(20)21)5-11(10)18(12)6-14(15,16)7-19/h3-5,8,19H,6-7H2,1-2H3,(H,20,21). The first kappa shape index (κ1) is 15.4. The zero-order chi connectivity index (χ0) is 15.8. The fourth-order valence-corrected chi connectivity index (χ4v) is 2.16. The number of imidazole rings is 1. The van der Waals surface area contributed by atoms with Gasteiger partial charge < -0.3 is 14.8 Å². The lowest BCUT2D eigenvalue weighted by Gasteiger charge is -2.18. The molecule has 0 aliphatic rings. The number of nitrogens with zero attached hydrogens (tertiary/aromatic N) is 2. The van der Waals surface area contributed by atoms with Gasteiger partial charge in [-0.15, -0.1) is 0 Å². The number of aliphatic hydroxyl groups is 1. The van der Waals surface area contributed by atoms with Crippen LogP contribution >= 0.6 is 0 Å². The van der Waals surface area contributed by atoms with Crippen molar-refractivity contribution in [3.8, 4) is 0 Å². The number of aromatic carboxylic acids is 1. The largest absolute Gasteiger partial charge is 0.478 e. The van der Waals surface area contributed by atoms with Gasteiger partial charge in [0.25, 0.3) is 5.92 Å². The Morgan fingerprint density at radius 1 is 1.43 bits per heavy atom. The number of carbonyl (C=O) groups is 1. The highest BCUT2D eigenvalue weighted by Gasteiger charge is 2.31. The molecule has 0 spiro atoms. The summed E-state index contributed by atoms with van der Waals surface area (Å²) in [6.45, 7) is 1.61. The van der Waals surface area contributed by atoms with Gasteiger partial charge in [-0.05, 0) is 18.2 Å². The van der Waals surface area contributed by atoms with Crippen molar-refractivity contribution in [3.05, 3.63) is 29.6 Å². The van der Waals surface area contributed by atoms with E-state index in [0.717, 1.165) is 0 Å². The van der Waals surface area contributed by atoms with Crippen LogP contribution in [0.5, 0.6) is 0 Å². The van der Waals surface area contributed by atoms with Crippen LogP contribution in [0.25, 0.3) is 11.0 Å². The van der Waals surface area contributed by atoms with Gasteiger partial charge in [-0.1, -0.05) is 13.8 Å². The molecule has 114 valence electrons. The minimum atomic E-state index is -3.30. The number of alkyl halides is 2. The molecule has 0 aliphatic heterocycles. The summed E-state index contributed by atoms with van der Waals surface area (Å²) in [6.07, 6.45) is 0. The van der Waals surface area contributed by atoms with Gasteiger partial charge in [-0.25, -0.2) is 18.6 Å². The number of rotatable bonds is 5. The van der Waals surface area contributed by atoms with Crippen molar-refractivity contribution in [2.24, 2.45) is 0 Å². The molecule has 21 heavy (non-hydrogen) atoms. The van der Waals surface area contributed by atoms with Gasteiger partial charge in [0.05, 0.1) is 23.1 Å². The second-order valence-corrected chi connectivity index (χ2v) is 5.23. The number of benzene rings is 1. The number of carboxylic acids is 1. The molecule has 2 rings (SSSR count). The lowest BCUT2D eigenvalue weighted by atomic mass is 10.2. The first-order valence-corrected chi connectivity index (χ1v) is 6.47. The van der Waals surface area contributed by atoms with Gasteiger partial charge in [-0.2, -0.15) is 0 Å². The molecule has 0 saturated heterocycles. The van der Waals surface area contributed by atoms with Crippen molar-refractivity contribution in [3.63, 3.8) is 0 Å². The lowest BCUT2D eigenvalue weighted by molar-refractivity contribution is -0.0627. The summed E-state index contributed by atoms with van der Waals surface area (Å²) in [4.78, 5) is 15.3. The Morgan fingerprint density at radius 3 is 2.62 bits per heavy atom. The fourth-order valence-electron chi connectivity index (χ4n) is 2.16. The molecule has 0 atom stereocenters. The maximum absolute atomic E-state index is 13.5. The molecule has 2 aromatic rings. The molecule has 1 aromatic carbocycles. The van der Waals surface area contributed by atoms with Crippen LogP contribution in [-0.2, 0) is 6.54 Å². The van der Waals surface area contributed by atoms with Crippen molar-refractivity contribution in [1.29, 1.82) is 0 Å². The van der Waals surface area contributed by atoms with Crippen LogP contribution in [0.4, 0.5) is 8.78 Å². The molecule has 2 N–H and O–H groups in total. The predicted molar refractivity (Wildman–Crippen MR) is 72.8 cm³/mol. The van der Waals surface area contributed by atoms with Crippen molar-refractivity contribution in [2.45, 2.75) is 32.2 Å². The first-order valence-electron chi connectivity index (χ1n) is 6.47. The summed E-state index contributed by atoms with van der Waals surface area (Å²) >= 11 is 0. The van der Waals surface area contributed by atoms with E-state index in [2.05, 4.69) is 4.98 Å². The summed E-state index contributed by atoms with van der Waals surface area (Å²) in [5.74, 6) is -4.11. The summed E-state index contributed by atoms with van der Waals surface area (Å²) < 4.78 is 28.3. The summed E-state index contributed by atoms with van der Waals surface area (Å²) in [5, 5.41) is 17.8. The van der Waals surface area contributed by atoms with Gasteiger partial charge in [0.2, 0.25) is 0 Å². The van der Waals surface area contributed by atoms with E-state index in [-0.39, 0.29) is 11.5 Å². The SMILES string of the molecule is CC(C)c1nc2ccc(C(=O)O)cc2n1CC(F)(F)CO. The topological polar surface area (TPSA) is 75.3 Å². The number of halogens is 2. The number of aromatic nitrogens is 2. The molecular formula is C14H16F2N2O3. The van der Waals surface area contributed by atoms with Crippen LogP contribution in [0.3, 0.4) is 0 Å². The highest BCUT2D eigenvalue weighted by Crippen LogP contribution is 2.26. The van der Waals surface area contributed by atoms with E-state index in [1.165, 1.54) is 22.8 Å². The van der Waals surface area contributed by atoms with E-state index in [9.17, 15) is 13.6 Å². The van der Waals surface area contributed by atoms with Crippen molar-refractivity contribution in [1.82, 2.24) is 9.55 Å². The van der Waals surface area contributed by atoms with E-state index in [4.69, 9.17) is 10.2 Å². The minimum Gasteiger partial charge on any atom is -0.478 e. The highest BCUT2D eigenvalue weighted by molar-refractivity contribution is 5.92. The van der Waals surface area contributed by atoms with Crippen molar-refractivity contribution >= 4 is 17.0 Å². The maximum Gasteiger partial charge on any atom is 0.335 e. The van der Waals surface area contributed by atoms with Crippen LogP contribution in [0, 0.1) is 0 Å². The van der Waals surface area contributed by atoms with E-state index in [1.807, 2.05) is 13.8 Å². The highest BCUT2D eigenvalue weighted by atomic mass is 19.3.